The van der Waals surface area contributed by atoms with Crippen molar-refractivity contribution in [1.82, 2.24) is 9.97 Å². The van der Waals surface area contributed by atoms with Gasteiger partial charge in [-0.2, -0.15) is 0 Å². The molecule has 0 bridgehead atoms. The first-order valence-corrected chi connectivity index (χ1v) is 5.95. The average Bonchev–Trinajstić information content (AvgIpc) is 2.70. The molecule has 1 heterocycles. The number of aromatic nitrogens is 2. The maximum atomic E-state index is 5.78. The Morgan fingerprint density at radius 2 is 2.12 bits per heavy atom. The number of hydrogen-bond acceptors (Lipinski definition) is 2. The van der Waals surface area contributed by atoms with Gasteiger partial charge in [-0.15, -0.1) is 11.6 Å². The second kappa shape index (κ2) is 4.80. The normalized spacial score (nSPS) is 10.6. The summed E-state index contributed by atoms with van der Waals surface area (Å²) in [5.41, 5.74) is 4.08. The molecule has 0 aliphatic heterocycles. The first kappa shape index (κ1) is 12.0. The van der Waals surface area contributed by atoms with Crippen LogP contribution in [0.3, 0.4) is 0 Å². The molecule has 0 aliphatic rings. The van der Waals surface area contributed by atoms with E-state index in [1.807, 2.05) is 26.0 Å². The molecule has 2 rings (SSSR count). The van der Waals surface area contributed by atoms with E-state index in [0.29, 0.717) is 5.88 Å². The number of ether oxygens (including phenoxy) is 1. The molecule has 90 valence electrons. The molecule has 0 saturated heterocycles. The number of H-pyrrole nitrogens is 1. The Balaban J connectivity index is 2.58. The van der Waals surface area contributed by atoms with Gasteiger partial charge in [0.2, 0.25) is 0 Å². The predicted octanol–water partition coefficient (Wildman–Crippen LogP) is 3.44. The molecule has 3 nitrogen and oxygen atoms in total. The van der Waals surface area contributed by atoms with Crippen LogP contribution >= 0.6 is 11.6 Å². The van der Waals surface area contributed by atoms with Crippen LogP contribution in [0.4, 0.5) is 0 Å². The van der Waals surface area contributed by atoms with Crippen molar-refractivity contribution in [2.45, 2.75) is 19.7 Å². The van der Waals surface area contributed by atoms with Gasteiger partial charge in [0.15, 0.2) is 0 Å². The van der Waals surface area contributed by atoms with E-state index in [-0.39, 0.29) is 0 Å². The lowest BCUT2D eigenvalue weighted by Gasteiger charge is -2.08. The molecular formula is C13H15ClN2O. The van der Waals surface area contributed by atoms with Gasteiger partial charge in [-0.1, -0.05) is 11.6 Å². The van der Waals surface area contributed by atoms with Crippen molar-refractivity contribution in [1.29, 1.82) is 0 Å². The SMILES string of the molecule is COc1ccc(C)cc1-c1nc(CCl)[nH]c1C. The third kappa shape index (κ3) is 2.29. The molecule has 0 saturated carbocycles. The van der Waals surface area contributed by atoms with E-state index < -0.39 is 0 Å². The highest BCUT2D eigenvalue weighted by Gasteiger charge is 2.13. The topological polar surface area (TPSA) is 37.9 Å². The zero-order chi connectivity index (χ0) is 12.4. The highest BCUT2D eigenvalue weighted by molar-refractivity contribution is 6.16. The Morgan fingerprint density at radius 1 is 1.35 bits per heavy atom. The fourth-order valence-corrected chi connectivity index (χ4v) is 1.98. The van der Waals surface area contributed by atoms with Crippen LogP contribution in [0.15, 0.2) is 18.2 Å². The first-order valence-electron chi connectivity index (χ1n) is 5.42. The summed E-state index contributed by atoms with van der Waals surface area (Å²) >= 11 is 5.78. The maximum absolute atomic E-state index is 5.78. The smallest absolute Gasteiger partial charge is 0.128 e. The number of rotatable bonds is 3. The van der Waals surface area contributed by atoms with Crippen molar-refractivity contribution < 1.29 is 4.74 Å². The lowest BCUT2D eigenvalue weighted by molar-refractivity contribution is 0.416. The van der Waals surface area contributed by atoms with Crippen molar-refractivity contribution in [3.63, 3.8) is 0 Å². The lowest BCUT2D eigenvalue weighted by atomic mass is 10.1. The van der Waals surface area contributed by atoms with Crippen molar-refractivity contribution in [3.05, 3.63) is 35.3 Å². The summed E-state index contributed by atoms with van der Waals surface area (Å²) < 4.78 is 5.37. The molecule has 0 amide bonds. The molecule has 0 atom stereocenters. The monoisotopic (exact) mass is 250 g/mol. The standard InChI is InChI=1S/C13H15ClN2O/c1-8-4-5-11(17-3)10(6-8)13-9(2)15-12(7-14)16-13/h4-6H,7H2,1-3H3,(H,15,16). The van der Waals surface area contributed by atoms with E-state index in [1.165, 1.54) is 5.56 Å². The summed E-state index contributed by atoms with van der Waals surface area (Å²) in [4.78, 5) is 7.65. The van der Waals surface area contributed by atoms with Gasteiger partial charge in [-0.05, 0) is 26.0 Å². The van der Waals surface area contributed by atoms with E-state index in [2.05, 4.69) is 16.0 Å². The van der Waals surface area contributed by atoms with Gasteiger partial charge >= 0.3 is 0 Å². The van der Waals surface area contributed by atoms with Gasteiger partial charge in [0, 0.05) is 11.3 Å². The summed E-state index contributed by atoms with van der Waals surface area (Å²) in [6.07, 6.45) is 0. The van der Waals surface area contributed by atoms with Gasteiger partial charge in [0.1, 0.15) is 11.6 Å². The minimum Gasteiger partial charge on any atom is -0.496 e. The van der Waals surface area contributed by atoms with Gasteiger partial charge in [-0.3, -0.25) is 0 Å². The second-order valence-corrected chi connectivity index (χ2v) is 4.26. The number of nitrogens with one attached hydrogen (secondary N) is 1. The van der Waals surface area contributed by atoms with Crippen LogP contribution in [0.25, 0.3) is 11.3 Å². The molecule has 4 heteroatoms. The molecule has 1 aromatic carbocycles. The number of hydrogen-bond donors (Lipinski definition) is 1. The first-order chi connectivity index (χ1) is 8.15. The predicted molar refractivity (Wildman–Crippen MR) is 69.6 cm³/mol. The number of halogens is 1. The van der Waals surface area contributed by atoms with Crippen molar-refractivity contribution >= 4 is 11.6 Å². The van der Waals surface area contributed by atoms with Crippen LogP contribution in [0.1, 0.15) is 17.1 Å². The fourth-order valence-electron chi connectivity index (χ4n) is 1.85. The summed E-state index contributed by atoms with van der Waals surface area (Å²) in [5, 5.41) is 0. The number of alkyl halides is 1. The van der Waals surface area contributed by atoms with E-state index in [9.17, 15) is 0 Å². The molecule has 1 N–H and O–H groups in total. The van der Waals surface area contributed by atoms with Crippen molar-refractivity contribution in [2.75, 3.05) is 7.11 Å². The van der Waals surface area contributed by atoms with Gasteiger partial charge in [0.05, 0.1) is 18.7 Å². The van der Waals surface area contributed by atoms with E-state index >= 15 is 0 Å². The summed E-state index contributed by atoms with van der Waals surface area (Å²) in [6, 6.07) is 6.05. The van der Waals surface area contributed by atoms with Gasteiger partial charge < -0.3 is 9.72 Å². The van der Waals surface area contributed by atoms with E-state index in [1.54, 1.807) is 7.11 Å². The third-order valence-electron chi connectivity index (χ3n) is 2.67. The van der Waals surface area contributed by atoms with Crippen LogP contribution in [0.5, 0.6) is 5.75 Å². The van der Waals surface area contributed by atoms with E-state index in [0.717, 1.165) is 28.5 Å². The Kier molecular flexibility index (Phi) is 3.38. The Labute approximate surface area is 106 Å². The number of nitrogens with zero attached hydrogens (tertiary/aromatic N) is 1. The molecule has 0 spiro atoms. The largest absolute Gasteiger partial charge is 0.496 e. The highest BCUT2D eigenvalue weighted by atomic mass is 35.5. The molecule has 17 heavy (non-hydrogen) atoms. The average molecular weight is 251 g/mol. The van der Waals surface area contributed by atoms with Crippen LogP contribution in [0.2, 0.25) is 0 Å². The zero-order valence-electron chi connectivity index (χ0n) is 10.2. The molecule has 1 aromatic heterocycles. The summed E-state index contributed by atoms with van der Waals surface area (Å²) in [6.45, 7) is 4.04. The lowest BCUT2D eigenvalue weighted by Crippen LogP contribution is -1.90. The Bertz CT molecular complexity index is 534. The van der Waals surface area contributed by atoms with Crippen LogP contribution < -0.4 is 4.74 Å². The molecule has 0 fully saturated rings. The third-order valence-corrected chi connectivity index (χ3v) is 2.92. The number of aryl methyl sites for hydroxylation is 2. The van der Waals surface area contributed by atoms with E-state index in [4.69, 9.17) is 16.3 Å². The fraction of sp³-hybridized carbons (Fsp3) is 0.308. The van der Waals surface area contributed by atoms with Crippen LogP contribution in [-0.4, -0.2) is 17.1 Å². The summed E-state index contributed by atoms with van der Waals surface area (Å²) in [5.74, 6) is 1.99. The van der Waals surface area contributed by atoms with Crippen LogP contribution in [0, 0.1) is 13.8 Å². The summed E-state index contributed by atoms with van der Waals surface area (Å²) in [7, 11) is 1.67. The number of methoxy groups -OCH3 is 1. The number of benzene rings is 1. The highest BCUT2D eigenvalue weighted by Crippen LogP contribution is 2.31. The van der Waals surface area contributed by atoms with Crippen molar-refractivity contribution in [3.8, 4) is 17.0 Å². The molecule has 0 unspecified atom stereocenters. The van der Waals surface area contributed by atoms with Crippen LogP contribution in [-0.2, 0) is 5.88 Å². The second-order valence-electron chi connectivity index (χ2n) is 3.99. The molecule has 2 aromatic rings. The maximum Gasteiger partial charge on any atom is 0.128 e. The minimum absolute atomic E-state index is 0.384. The number of aromatic amines is 1. The Morgan fingerprint density at radius 3 is 2.71 bits per heavy atom. The minimum atomic E-state index is 0.384. The molecule has 0 radical (unpaired) electrons. The van der Waals surface area contributed by atoms with Gasteiger partial charge in [-0.25, -0.2) is 4.98 Å². The van der Waals surface area contributed by atoms with Gasteiger partial charge in [0.25, 0.3) is 0 Å². The quantitative estimate of drug-likeness (QED) is 0.848. The molecule has 0 aliphatic carbocycles. The Hall–Kier alpha value is -1.48. The molecular weight excluding hydrogens is 236 g/mol. The van der Waals surface area contributed by atoms with Crippen molar-refractivity contribution in [2.24, 2.45) is 0 Å². The zero-order valence-corrected chi connectivity index (χ0v) is 10.9. The number of imidazole rings is 1.